The Bertz CT molecular complexity index is 1510. The standard InChI is InChI=1S/C25H25N3O4S/c1-28-15-22(20-10-11-26-24(20)25(28)29)21-13-19(33(2,30)31)8-9-23(21)32-18-5-3-4-17(12-18)27-14-16-6-7-16/h3-5,8-13,15-16,26-27H,6-7,14H2,1-2H3. The maximum atomic E-state index is 12.5. The monoisotopic (exact) mass is 463 g/mol. The number of hydrogen-bond donors (Lipinski definition) is 2. The van der Waals surface area contributed by atoms with Crippen LogP contribution in [0.3, 0.4) is 0 Å². The highest BCUT2D eigenvalue weighted by molar-refractivity contribution is 7.90. The van der Waals surface area contributed by atoms with Gasteiger partial charge in [0.1, 0.15) is 17.0 Å². The van der Waals surface area contributed by atoms with E-state index in [1.165, 1.54) is 23.7 Å². The molecule has 33 heavy (non-hydrogen) atoms. The number of fused-ring (bicyclic) bond motifs is 1. The summed E-state index contributed by atoms with van der Waals surface area (Å²) >= 11 is 0. The Labute approximate surface area is 192 Å². The predicted octanol–water partition coefficient (Wildman–Crippen LogP) is 4.55. The zero-order valence-corrected chi connectivity index (χ0v) is 19.3. The van der Waals surface area contributed by atoms with Gasteiger partial charge < -0.3 is 19.6 Å². The highest BCUT2D eigenvalue weighted by atomic mass is 32.2. The number of benzene rings is 2. The van der Waals surface area contributed by atoms with Crippen LogP contribution < -0.4 is 15.6 Å². The van der Waals surface area contributed by atoms with Gasteiger partial charge in [-0.15, -0.1) is 0 Å². The summed E-state index contributed by atoms with van der Waals surface area (Å²) in [5.41, 5.74) is 2.57. The van der Waals surface area contributed by atoms with Crippen molar-refractivity contribution in [1.82, 2.24) is 9.55 Å². The Morgan fingerprint density at radius 1 is 1.12 bits per heavy atom. The van der Waals surface area contributed by atoms with Crippen LogP contribution in [-0.2, 0) is 16.9 Å². The molecule has 170 valence electrons. The normalized spacial score (nSPS) is 13.9. The molecule has 1 fully saturated rings. The molecule has 0 saturated heterocycles. The van der Waals surface area contributed by atoms with Crippen molar-refractivity contribution in [2.24, 2.45) is 13.0 Å². The van der Waals surface area contributed by atoms with E-state index in [1.54, 1.807) is 37.6 Å². The number of aromatic amines is 1. The van der Waals surface area contributed by atoms with Gasteiger partial charge in [0.15, 0.2) is 9.84 Å². The number of nitrogens with one attached hydrogen (secondary N) is 2. The lowest BCUT2D eigenvalue weighted by Gasteiger charge is -2.15. The molecule has 2 aromatic heterocycles. The lowest BCUT2D eigenvalue weighted by Crippen LogP contribution is -2.16. The van der Waals surface area contributed by atoms with E-state index < -0.39 is 9.84 Å². The van der Waals surface area contributed by atoms with Gasteiger partial charge in [0.2, 0.25) is 0 Å². The molecule has 2 N–H and O–H groups in total. The Morgan fingerprint density at radius 2 is 1.94 bits per heavy atom. The highest BCUT2D eigenvalue weighted by Crippen LogP contribution is 2.38. The molecule has 0 unspecified atom stereocenters. The van der Waals surface area contributed by atoms with Crippen LogP contribution in [0.25, 0.3) is 22.0 Å². The van der Waals surface area contributed by atoms with Crippen molar-refractivity contribution in [2.75, 3.05) is 18.1 Å². The number of sulfone groups is 1. The van der Waals surface area contributed by atoms with Crippen LogP contribution in [0.4, 0.5) is 5.69 Å². The lowest BCUT2D eigenvalue weighted by atomic mass is 10.0. The van der Waals surface area contributed by atoms with Crippen LogP contribution in [-0.4, -0.2) is 30.8 Å². The van der Waals surface area contributed by atoms with Gasteiger partial charge in [0, 0.05) is 60.5 Å². The first-order valence-corrected chi connectivity index (χ1v) is 12.7. The number of ether oxygens (including phenoxy) is 1. The molecule has 0 spiro atoms. The largest absolute Gasteiger partial charge is 0.457 e. The van der Waals surface area contributed by atoms with E-state index in [4.69, 9.17) is 4.74 Å². The second-order valence-corrected chi connectivity index (χ2v) is 10.6. The molecule has 8 heteroatoms. The fourth-order valence-corrected chi connectivity index (χ4v) is 4.55. The Morgan fingerprint density at radius 3 is 2.70 bits per heavy atom. The van der Waals surface area contributed by atoms with Crippen molar-refractivity contribution in [3.05, 3.63) is 71.3 Å². The first kappa shape index (κ1) is 21.3. The first-order chi connectivity index (χ1) is 15.8. The molecule has 0 radical (unpaired) electrons. The van der Waals surface area contributed by atoms with Crippen LogP contribution >= 0.6 is 0 Å². The predicted molar refractivity (Wildman–Crippen MR) is 130 cm³/mol. The van der Waals surface area contributed by atoms with E-state index >= 15 is 0 Å². The minimum absolute atomic E-state index is 0.157. The molecule has 1 aliphatic carbocycles. The molecule has 5 rings (SSSR count). The third-order valence-corrected chi connectivity index (χ3v) is 7.03. The minimum atomic E-state index is -3.44. The van der Waals surface area contributed by atoms with E-state index in [9.17, 15) is 13.2 Å². The van der Waals surface area contributed by atoms with Crippen LogP contribution in [0.15, 0.2) is 70.6 Å². The molecule has 4 aromatic rings. The van der Waals surface area contributed by atoms with E-state index in [0.29, 0.717) is 33.5 Å². The number of aryl methyl sites for hydroxylation is 1. The van der Waals surface area contributed by atoms with Gasteiger partial charge in [0.25, 0.3) is 5.56 Å². The molecule has 0 atom stereocenters. The highest BCUT2D eigenvalue weighted by Gasteiger charge is 2.21. The maximum Gasteiger partial charge on any atom is 0.274 e. The number of H-pyrrole nitrogens is 1. The van der Waals surface area contributed by atoms with Crippen LogP contribution in [0.5, 0.6) is 11.5 Å². The van der Waals surface area contributed by atoms with Crippen molar-refractivity contribution in [3.8, 4) is 22.6 Å². The molecule has 0 bridgehead atoms. The summed E-state index contributed by atoms with van der Waals surface area (Å²) in [4.78, 5) is 15.7. The minimum Gasteiger partial charge on any atom is -0.457 e. The first-order valence-electron chi connectivity index (χ1n) is 10.8. The second kappa shape index (κ2) is 8.12. The van der Waals surface area contributed by atoms with E-state index in [2.05, 4.69) is 10.3 Å². The summed E-state index contributed by atoms with van der Waals surface area (Å²) in [6, 6.07) is 14.3. The summed E-state index contributed by atoms with van der Waals surface area (Å²) in [7, 11) is -1.77. The second-order valence-electron chi connectivity index (χ2n) is 8.61. The molecule has 0 amide bonds. The van der Waals surface area contributed by atoms with E-state index in [1.807, 2.05) is 30.3 Å². The molecule has 2 aromatic carbocycles. The Balaban J connectivity index is 1.61. The van der Waals surface area contributed by atoms with Crippen molar-refractivity contribution in [1.29, 1.82) is 0 Å². The number of rotatable bonds is 7. The van der Waals surface area contributed by atoms with Gasteiger partial charge in [-0.1, -0.05) is 6.07 Å². The Hall–Kier alpha value is -3.52. The van der Waals surface area contributed by atoms with Gasteiger partial charge in [-0.05, 0) is 55.2 Å². The summed E-state index contributed by atoms with van der Waals surface area (Å²) in [6.07, 6.45) is 7.12. The van der Waals surface area contributed by atoms with Gasteiger partial charge in [0.05, 0.1) is 4.90 Å². The smallest absolute Gasteiger partial charge is 0.274 e. The molecule has 2 heterocycles. The van der Waals surface area contributed by atoms with E-state index in [0.717, 1.165) is 18.2 Å². The number of aromatic nitrogens is 2. The Kier molecular flexibility index (Phi) is 5.25. The molecule has 1 saturated carbocycles. The van der Waals surface area contributed by atoms with E-state index in [-0.39, 0.29) is 10.5 Å². The van der Waals surface area contributed by atoms with Gasteiger partial charge in [-0.2, -0.15) is 0 Å². The topological polar surface area (TPSA) is 93.2 Å². The zero-order valence-electron chi connectivity index (χ0n) is 18.5. The number of hydrogen-bond acceptors (Lipinski definition) is 5. The molecule has 1 aliphatic rings. The summed E-state index contributed by atoms with van der Waals surface area (Å²) in [6.45, 7) is 0.946. The molecule has 0 aliphatic heterocycles. The fraction of sp³-hybridized carbons (Fsp3) is 0.240. The fourth-order valence-electron chi connectivity index (χ4n) is 3.90. The molecule has 7 nitrogen and oxygen atoms in total. The third-order valence-electron chi connectivity index (χ3n) is 5.92. The van der Waals surface area contributed by atoms with Gasteiger partial charge >= 0.3 is 0 Å². The summed E-state index contributed by atoms with van der Waals surface area (Å²) in [5, 5.41) is 4.14. The summed E-state index contributed by atoms with van der Waals surface area (Å²) in [5.74, 6) is 1.89. The maximum absolute atomic E-state index is 12.5. The zero-order chi connectivity index (χ0) is 23.2. The molecular weight excluding hydrogens is 438 g/mol. The van der Waals surface area contributed by atoms with Crippen molar-refractivity contribution in [2.45, 2.75) is 17.7 Å². The quantitative estimate of drug-likeness (QED) is 0.419. The van der Waals surface area contributed by atoms with Gasteiger partial charge in [-0.25, -0.2) is 8.42 Å². The average Bonchev–Trinajstić information content (AvgIpc) is 3.48. The van der Waals surface area contributed by atoms with Gasteiger partial charge in [-0.3, -0.25) is 4.79 Å². The van der Waals surface area contributed by atoms with Crippen LogP contribution in [0.1, 0.15) is 12.8 Å². The third kappa shape index (κ3) is 4.39. The molecular formula is C25H25N3O4S. The summed E-state index contributed by atoms with van der Waals surface area (Å²) < 4.78 is 32.3. The number of anilines is 1. The number of pyridine rings is 1. The van der Waals surface area contributed by atoms with Crippen molar-refractivity contribution < 1.29 is 13.2 Å². The van der Waals surface area contributed by atoms with Crippen LogP contribution in [0.2, 0.25) is 0 Å². The lowest BCUT2D eigenvalue weighted by molar-refractivity contribution is 0.484. The SMILES string of the molecule is Cn1cc(-c2cc(S(C)(=O)=O)ccc2Oc2cccc(NCC3CC3)c2)c2cc[nH]c2c1=O. The number of nitrogens with zero attached hydrogens (tertiary/aromatic N) is 1. The van der Waals surface area contributed by atoms with Crippen LogP contribution in [0, 0.1) is 5.92 Å². The van der Waals surface area contributed by atoms with Crippen molar-refractivity contribution >= 4 is 26.4 Å². The average molecular weight is 464 g/mol. The van der Waals surface area contributed by atoms with Crippen molar-refractivity contribution in [3.63, 3.8) is 0 Å².